The Bertz CT molecular complexity index is 314. The number of aliphatic hydroxyl groups excluding tert-OH is 1. The van der Waals surface area contributed by atoms with Crippen LogP contribution in [0.3, 0.4) is 0 Å². The molecule has 1 aromatic heterocycles. The lowest BCUT2D eigenvalue weighted by Crippen LogP contribution is -2.38. The molecule has 4 heteroatoms. The number of nitrogens with one attached hydrogen (secondary N) is 1. The van der Waals surface area contributed by atoms with Crippen LogP contribution in [0.25, 0.3) is 0 Å². The van der Waals surface area contributed by atoms with Crippen LogP contribution in [0.4, 0.5) is 0 Å². The third-order valence-electron chi connectivity index (χ3n) is 2.20. The molecule has 0 radical (unpaired) electrons. The van der Waals surface area contributed by atoms with E-state index in [9.17, 15) is 9.90 Å². The molecule has 3 nitrogen and oxygen atoms in total. The first-order valence-corrected chi connectivity index (χ1v) is 5.79. The van der Waals surface area contributed by atoms with Gasteiger partial charge in [0.15, 0.2) is 0 Å². The van der Waals surface area contributed by atoms with Crippen LogP contribution in [0.5, 0.6) is 0 Å². The van der Waals surface area contributed by atoms with E-state index in [0.717, 1.165) is 0 Å². The van der Waals surface area contributed by atoms with E-state index in [1.54, 1.807) is 6.07 Å². The van der Waals surface area contributed by atoms with Gasteiger partial charge in [-0.3, -0.25) is 4.79 Å². The van der Waals surface area contributed by atoms with E-state index < -0.39 is 6.10 Å². The molecule has 1 amide bonds. The topological polar surface area (TPSA) is 49.3 Å². The molecule has 0 spiro atoms. The van der Waals surface area contributed by atoms with Crippen molar-refractivity contribution in [2.75, 3.05) is 6.54 Å². The molecule has 1 heterocycles. The van der Waals surface area contributed by atoms with E-state index in [4.69, 9.17) is 0 Å². The maximum absolute atomic E-state index is 11.5. The number of carbonyl (C=O) groups excluding carboxylic acids is 1. The molecule has 0 saturated heterocycles. The Hall–Kier alpha value is -0.870. The van der Waals surface area contributed by atoms with Gasteiger partial charge in [-0.25, -0.2) is 0 Å². The highest BCUT2D eigenvalue weighted by Crippen LogP contribution is 2.18. The summed E-state index contributed by atoms with van der Waals surface area (Å²) < 4.78 is 0. The van der Waals surface area contributed by atoms with Gasteiger partial charge in [-0.15, -0.1) is 11.3 Å². The van der Waals surface area contributed by atoms with Crippen LogP contribution in [0.15, 0.2) is 17.5 Å². The number of rotatable bonds is 3. The molecule has 1 aromatic rings. The predicted molar refractivity (Wildman–Crippen MR) is 62.1 cm³/mol. The molecule has 2 N–H and O–H groups in total. The molecule has 0 fully saturated rings. The van der Waals surface area contributed by atoms with E-state index in [2.05, 4.69) is 5.32 Å². The molecule has 84 valence electrons. The number of amides is 1. The number of thiophene rings is 1. The van der Waals surface area contributed by atoms with Gasteiger partial charge >= 0.3 is 0 Å². The van der Waals surface area contributed by atoms with Crippen LogP contribution in [0.2, 0.25) is 0 Å². The van der Waals surface area contributed by atoms with E-state index in [-0.39, 0.29) is 11.3 Å². The number of hydrogen-bond acceptors (Lipinski definition) is 3. The monoisotopic (exact) mass is 227 g/mol. The van der Waals surface area contributed by atoms with Crippen LogP contribution in [-0.2, 0) is 0 Å². The zero-order chi connectivity index (χ0) is 11.5. The van der Waals surface area contributed by atoms with Crippen molar-refractivity contribution in [2.24, 2.45) is 5.41 Å². The Morgan fingerprint density at radius 2 is 2.27 bits per heavy atom. The van der Waals surface area contributed by atoms with Crippen LogP contribution in [-0.4, -0.2) is 23.7 Å². The summed E-state index contributed by atoms with van der Waals surface area (Å²) in [5, 5.41) is 14.3. The standard InChI is InChI=1S/C11H17NO2S/c1-11(2,3)9(13)7-12-10(14)8-5-4-6-15-8/h4-6,9,13H,7H2,1-3H3,(H,12,14). The van der Waals surface area contributed by atoms with Crippen molar-refractivity contribution in [3.05, 3.63) is 22.4 Å². The third kappa shape index (κ3) is 3.64. The van der Waals surface area contributed by atoms with Crippen molar-refractivity contribution in [1.29, 1.82) is 0 Å². The van der Waals surface area contributed by atoms with Gasteiger partial charge in [-0.05, 0) is 16.9 Å². The van der Waals surface area contributed by atoms with Gasteiger partial charge in [0.25, 0.3) is 5.91 Å². The number of carbonyl (C=O) groups is 1. The Morgan fingerprint density at radius 3 is 2.73 bits per heavy atom. The van der Waals surface area contributed by atoms with E-state index >= 15 is 0 Å². The summed E-state index contributed by atoms with van der Waals surface area (Å²) in [6.45, 7) is 6.11. The smallest absolute Gasteiger partial charge is 0.261 e. The summed E-state index contributed by atoms with van der Waals surface area (Å²) in [5.41, 5.74) is -0.206. The van der Waals surface area contributed by atoms with Crippen molar-refractivity contribution < 1.29 is 9.90 Å². The van der Waals surface area contributed by atoms with Gasteiger partial charge in [-0.2, -0.15) is 0 Å². The van der Waals surface area contributed by atoms with Gasteiger partial charge < -0.3 is 10.4 Å². The zero-order valence-corrected chi connectivity index (χ0v) is 10.1. The van der Waals surface area contributed by atoms with E-state index in [0.29, 0.717) is 11.4 Å². The average molecular weight is 227 g/mol. The first kappa shape index (κ1) is 12.2. The molecule has 15 heavy (non-hydrogen) atoms. The fourth-order valence-corrected chi connectivity index (χ4v) is 1.63. The minimum absolute atomic E-state index is 0.117. The summed E-state index contributed by atoms with van der Waals surface area (Å²) in [4.78, 5) is 12.2. The summed E-state index contributed by atoms with van der Waals surface area (Å²) >= 11 is 1.40. The zero-order valence-electron chi connectivity index (χ0n) is 9.28. The second-order valence-electron chi connectivity index (χ2n) is 4.57. The number of hydrogen-bond donors (Lipinski definition) is 2. The molecular formula is C11H17NO2S. The quantitative estimate of drug-likeness (QED) is 0.828. The summed E-state index contributed by atoms with van der Waals surface area (Å²) in [7, 11) is 0. The van der Waals surface area contributed by atoms with E-state index in [1.165, 1.54) is 11.3 Å². The SMILES string of the molecule is CC(C)(C)C(O)CNC(=O)c1cccs1. The lowest BCUT2D eigenvalue weighted by molar-refractivity contribution is 0.0588. The third-order valence-corrected chi connectivity index (χ3v) is 3.07. The van der Waals surface area contributed by atoms with Crippen molar-refractivity contribution in [1.82, 2.24) is 5.32 Å². The molecule has 0 aliphatic heterocycles. The van der Waals surface area contributed by atoms with Crippen LogP contribution < -0.4 is 5.32 Å². The maximum atomic E-state index is 11.5. The first-order valence-electron chi connectivity index (χ1n) is 4.91. The fourth-order valence-electron chi connectivity index (χ4n) is 0.990. The average Bonchev–Trinajstić information content (AvgIpc) is 2.64. The molecule has 1 atom stereocenters. The van der Waals surface area contributed by atoms with Gasteiger partial charge in [0.2, 0.25) is 0 Å². The lowest BCUT2D eigenvalue weighted by Gasteiger charge is -2.25. The van der Waals surface area contributed by atoms with Crippen LogP contribution in [0.1, 0.15) is 30.4 Å². The highest BCUT2D eigenvalue weighted by Gasteiger charge is 2.22. The molecule has 0 aromatic carbocycles. The van der Waals surface area contributed by atoms with Gasteiger partial charge in [0.05, 0.1) is 11.0 Å². The van der Waals surface area contributed by atoms with E-state index in [1.807, 2.05) is 32.2 Å². The Morgan fingerprint density at radius 1 is 1.60 bits per heavy atom. The van der Waals surface area contributed by atoms with Gasteiger partial charge in [0, 0.05) is 6.54 Å². The predicted octanol–water partition coefficient (Wildman–Crippen LogP) is 1.88. The molecule has 1 rings (SSSR count). The Labute approximate surface area is 94.1 Å². The molecule has 0 bridgehead atoms. The summed E-state index contributed by atoms with van der Waals surface area (Å²) in [6, 6.07) is 3.60. The van der Waals surface area contributed by atoms with Gasteiger partial charge in [0.1, 0.15) is 0 Å². The Balaban J connectivity index is 2.42. The van der Waals surface area contributed by atoms with Crippen LogP contribution >= 0.6 is 11.3 Å². The molecule has 1 unspecified atom stereocenters. The fraction of sp³-hybridized carbons (Fsp3) is 0.545. The van der Waals surface area contributed by atoms with Crippen molar-refractivity contribution in [2.45, 2.75) is 26.9 Å². The van der Waals surface area contributed by atoms with Crippen LogP contribution in [0, 0.1) is 5.41 Å². The molecule has 0 aliphatic rings. The minimum Gasteiger partial charge on any atom is -0.391 e. The summed E-state index contributed by atoms with van der Waals surface area (Å²) in [6.07, 6.45) is -0.526. The summed E-state index contributed by atoms with van der Waals surface area (Å²) in [5.74, 6) is -0.117. The van der Waals surface area contributed by atoms with Crippen molar-refractivity contribution >= 4 is 17.2 Å². The highest BCUT2D eigenvalue weighted by atomic mass is 32.1. The van der Waals surface area contributed by atoms with Crippen molar-refractivity contribution in [3.63, 3.8) is 0 Å². The minimum atomic E-state index is -0.526. The second-order valence-corrected chi connectivity index (χ2v) is 5.52. The van der Waals surface area contributed by atoms with Gasteiger partial charge in [-0.1, -0.05) is 26.8 Å². The molecule has 0 saturated carbocycles. The normalized spacial score (nSPS) is 13.6. The highest BCUT2D eigenvalue weighted by molar-refractivity contribution is 7.12. The maximum Gasteiger partial charge on any atom is 0.261 e. The largest absolute Gasteiger partial charge is 0.391 e. The molecule has 0 aliphatic carbocycles. The Kier molecular flexibility index (Phi) is 3.88. The lowest BCUT2D eigenvalue weighted by atomic mass is 9.89. The molecular weight excluding hydrogens is 210 g/mol. The number of aliphatic hydroxyl groups is 1. The second kappa shape index (κ2) is 4.77. The van der Waals surface area contributed by atoms with Crippen molar-refractivity contribution in [3.8, 4) is 0 Å². The first-order chi connectivity index (χ1) is 6.91.